The Hall–Kier alpha value is -2.79. The molecule has 3 aromatic rings. The van der Waals surface area contributed by atoms with Crippen molar-refractivity contribution in [2.75, 3.05) is 26.2 Å². The third-order valence-electron chi connectivity index (χ3n) is 6.38. The number of amides is 1. The van der Waals surface area contributed by atoms with Gasteiger partial charge in [-0.2, -0.15) is 0 Å². The predicted octanol–water partition coefficient (Wildman–Crippen LogP) is 4.07. The van der Waals surface area contributed by atoms with Gasteiger partial charge in [0.25, 0.3) is 0 Å². The summed E-state index contributed by atoms with van der Waals surface area (Å²) >= 11 is 0. The number of para-hydroxylation sites is 1. The number of aromatic amines is 1. The molecular weight excluding hydrogens is 362 g/mol. The van der Waals surface area contributed by atoms with E-state index >= 15 is 0 Å². The van der Waals surface area contributed by atoms with Crippen LogP contribution in [0.25, 0.3) is 10.9 Å². The number of carbonyl (C=O) groups excluding carboxylic acids is 1. The molecular formula is C24H27N3O2. The number of hydrogen-bond acceptors (Lipinski definition) is 3. The minimum Gasteiger partial charge on any atom is -0.441 e. The van der Waals surface area contributed by atoms with Gasteiger partial charge < -0.3 is 19.9 Å². The normalized spacial score (nSPS) is 19.6. The SMILES string of the molecule is O=C1OC2(CCNCC2)CN1CC(Cc1ccccc1)c1c[nH]c2ccccc12. The first-order chi connectivity index (χ1) is 14.2. The number of carbonyl (C=O) groups is 1. The van der Waals surface area contributed by atoms with Crippen LogP contribution in [0.15, 0.2) is 60.8 Å². The zero-order chi connectivity index (χ0) is 19.7. The predicted molar refractivity (Wildman–Crippen MR) is 114 cm³/mol. The average molecular weight is 389 g/mol. The maximum absolute atomic E-state index is 12.7. The number of nitrogens with one attached hydrogen (secondary N) is 2. The van der Waals surface area contributed by atoms with Crippen LogP contribution in [0.2, 0.25) is 0 Å². The van der Waals surface area contributed by atoms with Gasteiger partial charge in [-0.3, -0.25) is 0 Å². The number of aromatic nitrogens is 1. The Morgan fingerprint density at radius 3 is 2.62 bits per heavy atom. The van der Waals surface area contributed by atoms with Crippen molar-refractivity contribution in [3.8, 4) is 0 Å². The van der Waals surface area contributed by atoms with E-state index in [0.29, 0.717) is 13.1 Å². The van der Waals surface area contributed by atoms with Gasteiger partial charge in [-0.05, 0) is 36.7 Å². The van der Waals surface area contributed by atoms with E-state index in [4.69, 9.17) is 4.74 Å². The highest BCUT2D eigenvalue weighted by atomic mass is 16.6. The summed E-state index contributed by atoms with van der Waals surface area (Å²) in [4.78, 5) is 18.1. The van der Waals surface area contributed by atoms with E-state index in [1.54, 1.807) is 0 Å². The van der Waals surface area contributed by atoms with Crippen molar-refractivity contribution in [2.45, 2.75) is 30.8 Å². The largest absolute Gasteiger partial charge is 0.441 e. The number of hydrogen-bond donors (Lipinski definition) is 2. The van der Waals surface area contributed by atoms with Gasteiger partial charge in [0, 0.05) is 42.4 Å². The van der Waals surface area contributed by atoms with Crippen molar-refractivity contribution in [1.82, 2.24) is 15.2 Å². The number of nitrogens with zero attached hydrogens (tertiary/aromatic N) is 1. The molecule has 0 aliphatic carbocycles. The molecule has 0 bridgehead atoms. The van der Waals surface area contributed by atoms with Crippen LogP contribution in [0.3, 0.4) is 0 Å². The number of rotatable bonds is 5. The van der Waals surface area contributed by atoms with Crippen LogP contribution in [-0.4, -0.2) is 47.8 Å². The second-order valence-corrected chi connectivity index (χ2v) is 8.36. The van der Waals surface area contributed by atoms with E-state index in [-0.39, 0.29) is 17.6 Å². The number of fused-ring (bicyclic) bond motifs is 1. The van der Waals surface area contributed by atoms with E-state index in [1.165, 1.54) is 16.5 Å². The summed E-state index contributed by atoms with van der Waals surface area (Å²) in [6.45, 7) is 3.19. The number of benzene rings is 2. The first-order valence-corrected chi connectivity index (χ1v) is 10.5. The lowest BCUT2D eigenvalue weighted by atomic mass is 9.89. The standard InChI is InChI=1S/C24H27N3O2/c28-23-27(17-24(29-23)10-12-25-13-11-24)16-19(14-18-6-2-1-3-7-18)21-15-26-22-9-5-4-8-20(21)22/h1-9,15,19,25-26H,10-14,16-17H2. The molecule has 3 heterocycles. The lowest BCUT2D eigenvalue weighted by Crippen LogP contribution is -2.45. The van der Waals surface area contributed by atoms with Crippen LogP contribution in [0.5, 0.6) is 0 Å². The molecule has 29 heavy (non-hydrogen) atoms. The maximum Gasteiger partial charge on any atom is 0.410 e. The van der Waals surface area contributed by atoms with Gasteiger partial charge in [0.2, 0.25) is 0 Å². The molecule has 1 unspecified atom stereocenters. The summed E-state index contributed by atoms with van der Waals surface area (Å²) in [5.41, 5.74) is 3.38. The van der Waals surface area contributed by atoms with Crippen LogP contribution < -0.4 is 5.32 Å². The van der Waals surface area contributed by atoms with Crippen molar-refractivity contribution >= 4 is 17.0 Å². The molecule has 2 aromatic carbocycles. The summed E-state index contributed by atoms with van der Waals surface area (Å²) in [6, 6.07) is 18.9. The Morgan fingerprint density at radius 2 is 1.79 bits per heavy atom. The molecule has 1 atom stereocenters. The number of piperidine rings is 1. The van der Waals surface area contributed by atoms with Crippen LogP contribution in [0.1, 0.15) is 29.9 Å². The molecule has 2 fully saturated rings. The van der Waals surface area contributed by atoms with Gasteiger partial charge in [-0.25, -0.2) is 4.79 Å². The summed E-state index contributed by atoms with van der Waals surface area (Å²) in [5.74, 6) is 0.206. The molecule has 2 aliphatic rings. The van der Waals surface area contributed by atoms with Crippen molar-refractivity contribution in [3.05, 3.63) is 71.9 Å². The van der Waals surface area contributed by atoms with E-state index < -0.39 is 0 Å². The summed E-state index contributed by atoms with van der Waals surface area (Å²) in [6.07, 6.45) is 4.63. The molecule has 5 heteroatoms. The molecule has 1 amide bonds. The lowest BCUT2D eigenvalue weighted by Gasteiger charge is -2.31. The Morgan fingerprint density at radius 1 is 1.03 bits per heavy atom. The van der Waals surface area contributed by atoms with Crippen LogP contribution >= 0.6 is 0 Å². The second kappa shape index (κ2) is 7.56. The lowest BCUT2D eigenvalue weighted by molar-refractivity contribution is 0.0316. The highest BCUT2D eigenvalue weighted by molar-refractivity contribution is 5.83. The molecule has 5 nitrogen and oxygen atoms in total. The fourth-order valence-corrected chi connectivity index (χ4v) is 4.85. The van der Waals surface area contributed by atoms with E-state index in [9.17, 15) is 4.79 Å². The van der Waals surface area contributed by atoms with Crippen molar-refractivity contribution in [2.24, 2.45) is 0 Å². The molecule has 5 rings (SSSR count). The molecule has 1 aromatic heterocycles. The van der Waals surface area contributed by atoms with Gasteiger partial charge in [-0.1, -0.05) is 48.5 Å². The molecule has 2 N–H and O–H groups in total. The quantitative estimate of drug-likeness (QED) is 0.692. The van der Waals surface area contributed by atoms with Crippen LogP contribution in [0, 0.1) is 0 Å². The van der Waals surface area contributed by atoms with E-state index in [0.717, 1.165) is 37.9 Å². The summed E-state index contributed by atoms with van der Waals surface area (Å²) < 4.78 is 5.90. The molecule has 0 radical (unpaired) electrons. The van der Waals surface area contributed by atoms with Crippen molar-refractivity contribution in [3.63, 3.8) is 0 Å². The fourth-order valence-electron chi connectivity index (χ4n) is 4.85. The van der Waals surface area contributed by atoms with Crippen molar-refractivity contribution in [1.29, 1.82) is 0 Å². The number of H-pyrrole nitrogens is 1. The Labute approximate surface area is 171 Å². The smallest absolute Gasteiger partial charge is 0.410 e. The fraction of sp³-hybridized carbons (Fsp3) is 0.375. The van der Waals surface area contributed by atoms with Gasteiger partial charge in [-0.15, -0.1) is 0 Å². The minimum atomic E-state index is -0.306. The summed E-state index contributed by atoms with van der Waals surface area (Å²) in [5, 5.41) is 4.60. The zero-order valence-electron chi connectivity index (χ0n) is 16.6. The van der Waals surface area contributed by atoms with Gasteiger partial charge in [0.1, 0.15) is 5.60 Å². The maximum atomic E-state index is 12.7. The minimum absolute atomic E-state index is 0.162. The second-order valence-electron chi connectivity index (χ2n) is 8.36. The monoisotopic (exact) mass is 389 g/mol. The topological polar surface area (TPSA) is 57.4 Å². The van der Waals surface area contributed by atoms with Crippen molar-refractivity contribution < 1.29 is 9.53 Å². The van der Waals surface area contributed by atoms with E-state index in [2.05, 4.69) is 59.0 Å². The van der Waals surface area contributed by atoms with Crippen LogP contribution in [0.4, 0.5) is 4.79 Å². The van der Waals surface area contributed by atoms with Gasteiger partial charge in [0.15, 0.2) is 0 Å². The molecule has 2 saturated heterocycles. The van der Waals surface area contributed by atoms with Crippen LogP contribution in [-0.2, 0) is 11.2 Å². The van der Waals surface area contributed by atoms with Gasteiger partial charge in [0.05, 0.1) is 6.54 Å². The third-order valence-corrected chi connectivity index (χ3v) is 6.38. The molecule has 2 aliphatic heterocycles. The molecule has 150 valence electrons. The Bertz CT molecular complexity index is 992. The third kappa shape index (κ3) is 3.62. The highest BCUT2D eigenvalue weighted by Gasteiger charge is 2.46. The zero-order valence-corrected chi connectivity index (χ0v) is 16.6. The molecule has 0 saturated carbocycles. The summed E-state index contributed by atoms with van der Waals surface area (Å²) in [7, 11) is 0. The molecule has 1 spiro atoms. The Balaban J connectivity index is 1.43. The van der Waals surface area contributed by atoms with E-state index in [1.807, 2.05) is 17.0 Å². The average Bonchev–Trinajstić information content (AvgIpc) is 3.30. The Kier molecular flexibility index (Phi) is 4.76. The first-order valence-electron chi connectivity index (χ1n) is 10.5. The first kappa shape index (κ1) is 18.3. The highest BCUT2D eigenvalue weighted by Crippen LogP contribution is 2.35. The van der Waals surface area contributed by atoms with Gasteiger partial charge >= 0.3 is 6.09 Å². The number of ether oxygens (including phenoxy) is 1.